The van der Waals surface area contributed by atoms with E-state index in [9.17, 15) is 22.4 Å². The SMILES string of the molecule is CN(C)C(=O)CCNCc1ccc(F)cc1C(F)(F)F. The minimum atomic E-state index is -4.60. The third-order valence-electron chi connectivity index (χ3n) is 2.71. The maximum atomic E-state index is 12.9. The summed E-state index contributed by atoms with van der Waals surface area (Å²) in [6, 6.07) is 2.55. The Morgan fingerprint density at radius 1 is 1.30 bits per heavy atom. The highest BCUT2D eigenvalue weighted by Crippen LogP contribution is 2.32. The van der Waals surface area contributed by atoms with Gasteiger partial charge in [-0.3, -0.25) is 4.79 Å². The fraction of sp³-hybridized carbons (Fsp3) is 0.462. The van der Waals surface area contributed by atoms with E-state index >= 15 is 0 Å². The molecule has 1 aromatic carbocycles. The van der Waals surface area contributed by atoms with Crippen LogP contribution in [0.5, 0.6) is 0 Å². The molecule has 1 N–H and O–H groups in total. The number of rotatable bonds is 5. The van der Waals surface area contributed by atoms with E-state index in [1.165, 1.54) is 4.90 Å². The van der Waals surface area contributed by atoms with E-state index in [-0.39, 0.29) is 31.0 Å². The molecule has 7 heteroatoms. The van der Waals surface area contributed by atoms with Gasteiger partial charge in [0.05, 0.1) is 5.56 Å². The topological polar surface area (TPSA) is 32.3 Å². The van der Waals surface area contributed by atoms with Gasteiger partial charge in [-0.05, 0) is 17.7 Å². The van der Waals surface area contributed by atoms with Gasteiger partial charge in [-0.25, -0.2) is 4.39 Å². The second-order valence-electron chi connectivity index (χ2n) is 4.51. The van der Waals surface area contributed by atoms with Crippen LogP contribution in [0.15, 0.2) is 18.2 Å². The van der Waals surface area contributed by atoms with E-state index in [1.807, 2.05) is 0 Å². The Morgan fingerprint density at radius 2 is 1.95 bits per heavy atom. The number of benzene rings is 1. The maximum Gasteiger partial charge on any atom is 0.416 e. The molecule has 0 bridgehead atoms. The molecule has 3 nitrogen and oxygen atoms in total. The monoisotopic (exact) mass is 292 g/mol. The lowest BCUT2D eigenvalue weighted by atomic mass is 10.1. The smallest absolute Gasteiger partial charge is 0.349 e. The summed E-state index contributed by atoms with van der Waals surface area (Å²) in [5.74, 6) is -1.04. The zero-order valence-electron chi connectivity index (χ0n) is 11.2. The van der Waals surface area contributed by atoms with Crippen LogP contribution >= 0.6 is 0 Å². The Kier molecular flexibility index (Phi) is 5.50. The van der Waals surface area contributed by atoms with Crippen molar-refractivity contribution in [1.29, 1.82) is 0 Å². The molecule has 0 spiro atoms. The standard InChI is InChI=1S/C13H16F4N2O/c1-19(2)12(20)5-6-18-8-9-3-4-10(14)7-11(9)13(15,16)17/h3-4,7,18H,5-6,8H2,1-2H3. The number of halogens is 4. The number of hydrogen-bond donors (Lipinski definition) is 1. The quantitative estimate of drug-likeness (QED) is 0.667. The van der Waals surface area contributed by atoms with Gasteiger partial charge >= 0.3 is 6.18 Å². The lowest BCUT2D eigenvalue weighted by molar-refractivity contribution is -0.138. The molecule has 0 unspecified atom stereocenters. The molecule has 0 aliphatic carbocycles. The zero-order chi connectivity index (χ0) is 15.3. The molecule has 112 valence electrons. The Bertz CT molecular complexity index is 472. The molecule has 0 saturated carbocycles. The first-order valence-corrected chi connectivity index (χ1v) is 5.98. The zero-order valence-corrected chi connectivity index (χ0v) is 11.2. The highest BCUT2D eigenvalue weighted by Gasteiger charge is 2.33. The molecule has 0 radical (unpaired) electrons. The van der Waals surface area contributed by atoms with Crippen LogP contribution in [0, 0.1) is 5.82 Å². The molecule has 1 aromatic rings. The van der Waals surface area contributed by atoms with Crippen molar-refractivity contribution in [1.82, 2.24) is 10.2 Å². The minimum absolute atomic E-state index is 0.0452. The third-order valence-corrected chi connectivity index (χ3v) is 2.71. The van der Waals surface area contributed by atoms with Crippen molar-refractivity contribution in [3.05, 3.63) is 35.1 Å². The Hall–Kier alpha value is -1.63. The van der Waals surface area contributed by atoms with Crippen LogP contribution in [0.2, 0.25) is 0 Å². The number of amides is 1. The lowest BCUT2D eigenvalue weighted by Crippen LogP contribution is -2.27. The van der Waals surface area contributed by atoms with Gasteiger partial charge in [-0.2, -0.15) is 13.2 Å². The molecule has 0 heterocycles. The van der Waals surface area contributed by atoms with Gasteiger partial charge in [-0.15, -0.1) is 0 Å². The Balaban J connectivity index is 2.63. The summed E-state index contributed by atoms with van der Waals surface area (Å²) in [6.45, 7) is 0.182. The minimum Gasteiger partial charge on any atom is -0.349 e. The first-order valence-electron chi connectivity index (χ1n) is 5.98. The number of carbonyl (C=O) groups excluding carboxylic acids is 1. The van der Waals surface area contributed by atoms with E-state index in [1.54, 1.807) is 14.1 Å². The largest absolute Gasteiger partial charge is 0.416 e. The summed E-state index contributed by atoms with van der Waals surface area (Å²) < 4.78 is 51.0. The van der Waals surface area contributed by atoms with E-state index in [0.717, 1.165) is 12.1 Å². The number of carbonyl (C=O) groups is 1. The normalized spacial score (nSPS) is 11.5. The molecule has 1 amide bonds. The van der Waals surface area contributed by atoms with Crippen LogP contribution in [-0.2, 0) is 17.5 Å². The Labute approximate surface area is 114 Å². The predicted molar refractivity (Wildman–Crippen MR) is 66.4 cm³/mol. The molecule has 0 atom stereocenters. The summed E-state index contributed by atoms with van der Waals surface area (Å²) in [5, 5.41) is 2.75. The average Bonchev–Trinajstić information content (AvgIpc) is 2.34. The fourth-order valence-corrected chi connectivity index (χ4v) is 1.61. The summed E-state index contributed by atoms with van der Waals surface area (Å²) in [4.78, 5) is 12.7. The fourth-order valence-electron chi connectivity index (χ4n) is 1.61. The third kappa shape index (κ3) is 4.80. The molecule has 0 fully saturated rings. The van der Waals surface area contributed by atoms with Crippen LogP contribution < -0.4 is 5.32 Å². The van der Waals surface area contributed by atoms with Crippen LogP contribution in [0.4, 0.5) is 17.6 Å². The van der Waals surface area contributed by atoms with E-state index in [0.29, 0.717) is 6.07 Å². The van der Waals surface area contributed by atoms with Crippen LogP contribution in [0.25, 0.3) is 0 Å². The molecular formula is C13H16F4N2O. The first kappa shape index (κ1) is 16.4. The van der Waals surface area contributed by atoms with Crippen molar-refractivity contribution in [3.63, 3.8) is 0 Å². The van der Waals surface area contributed by atoms with Crippen molar-refractivity contribution < 1.29 is 22.4 Å². The van der Waals surface area contributed by atoms with Crippen molar-refractivity contribution in [3.8, 4) is 0 Å². The van der Waals surface area contributed by atoms with E-state index < -0.39 is 17.6 Å². The summed E-state index contributed by atoms with van der Waals surface area (Å²) in [5.41, 5.74) is -1.04. The molecule has 1 rings (SSSR count). The van der Waals surface area contributed by atoms with Gasteiger partial charge in [0.25, 0.3) is 0 Å². The molecule has 0 aromatic heterocycles. The summed E-state index contributed by atoms with van der Waals surface area (Å²) in [6.07, 6.45) is -4.41. The van der Waals surface area contributed by atoms with E-state index in [4.69, 9.17) is 0 Å². The number of nitrogens with one attached hydrogen (secondary N) is 1. The number of alkyl halides is 3. The van der Waals surface area contributed by atoms with Crippen molar-refractivity contribution in [2.45, 2.75) is 19.1 Å². The van der Waals surface area contributed by atoms with Crippen molar-refractivity contribution in [2.75, 3.05) is 20.6 Å². The van der Waals surface area contributed by atoms with Crippen LogP contribution in [0.3, 0.4) is 0 Å². The number of nitrogens with zero attached hydrogens (tertiary/aromatic N) is 1. The maximum absolute atomic E-state index is 12.9. The van der Waals surface area contributed by atoms with E-state index in [2.05, 4.69) is 5.32 Å². The summed E-state index contributed by atoms with van der Waals surface area (Å²) in [7, 11) is 3.20. The second kappa shape index (κ2) is 6.69. The van der Waals surface area contributed by atoms with Gasteiger partial charge < -0.3 is 10.2 Å². The van der Waals surface area contributed by atoms with Gasteiger partial charge in [-0.1, -0.05) is 6.07 Å². The average molecular weight is 292 g/mol. The molecule has 0 aliphatic rings. The van der Waals surface area contributed by atoms with Crippen molar-refractivity contribution >= 4 is 5.91 Å². The van der Waals surface area contributed by atoms with Gasteiger partial charge in [0.1, 0.15) is 5.82 Å². The van der Waals surface area contributed by atoms with Gasteiger partial charge in [0.2, 0.25) is 5.91 Å². The lowest BCUT2D eigenvalue weighted by Gasteiger charge is -2.14. The molecule has 0 aliphatic heterocycles. The van der Waals surface area contributed by atoms with Gasteiger partial charge in [0.15, 0.2) is 0 Å². The van der Waals surface area contributed by atoms with Crippen LogP contribution in [0.1, 0.15) is 17.5 Å². The van der Waals surface area contributed by atoms with Crippen molar-refractivity contribution in [2.24, 2.45) is 0 Å². The predicted octanol–water partition coefficient (Wildman–Crippen LogP) is 2.41. The molecule has 0 saturated heterocycles. The Morgan fingerprint density at radius 3 is 2.50 bits per heavy atom. The highest BCUT2D eigenvalue weighted by atomic mass is 19.4. The molecule has 20 heavy (non-hydrogen) atoms. The van der Waals surface area contributed by atoms with Crippen LogP contribution in [-0.4, -0.2) is 31.4 Å². The highest BCUT2D eigenvalue weighted by molar-refractivity contribution is 5.75. The second-order valence-corrected chi connectivity index (χ2v) is 4.51. The first-order chi connectivity index (χ1) is 9.21. The number of hydrogen-bond acceptors (Lipinski definition) is 2. The molecular weight excluding hydrogens is 276 g/mol. The summed E-state index contributed by atoms with van der Waals surface area (Å²) >= 11 is 0. The van der Waals surface area contributed by atoms with Gasteiger partial charge in [0, 0.05) is 33.6 Å².